The average Bonchev–Trinajstić information content (AvgIpc) is 2.71. The van der Waals surface area contributed by atoms with Gasteiger partial charge in [0.05, 0.1) is 25.3 Å². The SMILES string of the molecule is O=C(CNC(=O)c1ccc(F)cc1F)NCc1ccccc1N1CCOCC1. The van der Waals surface area contributed by atoms with Gasteiger partial charge in [-0.3, -0.25) is 9.59 Å². The third kappa shape index (κ3) is 5.04. The molecule has 0 radical (unpaired) electrons. The number of amides is 2. The monoisotopic (exact) mass is 389 g/mol. The molecule has 0 spiro atoms. The number of anilines is 1. The van der Waals surface area contributed by atoms with Crippen LogP contribution in [0.3, 0.4) is 0 Å². The van der Waals surface area contributed by atoms with Crippen molar-refractivity contribution < 1.29 is 23.1 Å². The summed E-state index contributed by atoms with van der Waals surface area (Å²) >= 11 is 0. The number of carbonyl (C=O) groups excluding carboxylic acids is 2. The zero-order chi connectivity index (χ0) is 19.9. The zero-order valence-electron chi connectivity index (χ0n) is 15.2. The number of rotatable bonds is 6. The fourth-order valence-corrected chi connectivity index (χ4v) is 2.96. The maximum atomic E-state index is 13.6. The minimum atomic E-state index is -0.975. The molecule has 2 amide bonds. The first kappa shape index (κ1) is 19.8. The maximum absolute atomic E-state index is 13.6. The number of hydrogen-bond acceptors (Lipinski definition) is 4. The van der Waals surface area contributed by atoms with Gasteiger partial charge in [0.25, 0.3) is 5.91 Å². The normalized spacial score (nSPS) is 13.9. The second-order valence-corrected chi connectivity index (χ2v) is 6.31. The lowest BCUT2D eigenvalue weighted by molar-refractivity contribution is -0.120. The molecule has 8 heteroatoms. The summed E-state index contributed by atoms with van der Waals surface area (Å²) < 4.78 is 31.9. The number of benzene rings is 2. The molecule has 2 aromatic carbocycles. The quantitative estimate of drug-likeness (QED) is 0.791. The molecule has 2 aromatic rings. The standard InChI is InChI=1S/C20H21F2N3O3/c21-15-5-6-16(17(22)11-15)20(27)24-13-19(26)23-12-14-3-1-2-4-18(14)25-7-9-28-10-8-25/h1-6,11H,7-10,12-13H2,(H,23,26)(H,24,27). The van der Waals surface area contributed by atoms with Crippen LogP contribution in [0.1, 0.15) is 15.9 Å². The van der Waals surface area contributed by atoms with Crippen molar-refractivity contribution in [2.24, 2.45) is 0 Å². The lowest BCUT2D eigenvalue weighted by Gasteiger charge is -2.30. The van der Waals surface area contributed by atoms with Gasteiger partial charge >= 0.3 is 0 Å². The number of ether oxygens (including phenoxy) is 1. The number of nitrogens with zero attached hydrogens (tertiary/aromatic N) is 1. The molecule has 28 heavy (non-hydrogen) atoms. The molecule has 2 N–H and O–H groups in total. The second-order valence-electron chi connectivity index (χ2n) is 6.31. The first-order valence-corrected chi connectivity index (χ1v) is 8.95. The summed E-state index contributed by atoms with van der Waals surface area (Å²) in [5, 5.41) is 5.08. The summed E-state index contributed by atoms with van der Waals surface area (Å²) in [6.45, 7) is 2.87. The molecule has 0 atom stereocenters. The number of nitrogens with one attached hydrogen (secondary N) is 2. The minimum absolute atomic E-state index is 0.299. The highest BCUT2D eigenvalue weighted by atomic mass is 19.1. The molecule has 0 aliphatic carbocycles. The molecule has 0 unspecified atom stereocenters. The van der Waals surface area contributed by atoms with Crippen LogP contribution in [0.15, 0.2) is 42.5 Å². The van der Waals surface area contributed by atoms with E-state index in [1.165, 1.54) is 0 Å². The predicted molar refractivity (Wildman–Crippen MR) is 100 cm³/mol. The smallest absolute Gasteiger partial charge is 0.254 e. The molecule has 1 fully saturated rings. The van der Waals surface area contributed by atoms with Gasteiger partial charge in [-0.25, -0.2) is 8.78 Å². The van der Waals surface area contributed by atoms with Crippen molar-refractivity contribution in [2.75, 3.05) is 37.7 Å². The van der Waals surface area contributed by atoms with E-state index in [-0.39, 0.29) is 12.1 Å². The molecule has 148 valence electrons. The summed E-state index contributed by atoms with van der Waals surface area (Å²) in [6.07, 6.45) is 0. The van der Waals surface area contributed by atoms with Crippen molar-refractivity contribution in [3.63, 3.8) is 0 Å². The van der Waals surface area contributed by atoms with Crippen molar-refractivity contribution in [3.05, 3.63) is 65.2 Å². The van der Waals surface area contributed by atoms with Crippen LogP contribution in [-0.4, -0.2) is 44.7 Å². The Morgan fingerprint density at radius 2 is 1.79 bits per heavy atom. The number of hydrogen-bond donors (Lipinski definition) is 2. The summed E-state index contributed by atoms with van der Waals surface area (Å²) in [5.41, 5.74) is 1.67. The van der Waals surface area contributed by atoms with Gasteiger partial charge in [0.2, 0.25) is 5.91 Å². The Bertz CT molecular complexity index is 854. The topological polar surface area (TPSA) is 70.7 Å². The van der Waals surface area contributed by atoms with E-state index in [9.17, 15) is 18.4 Å². The predicted octanol–water partition coefficient (Wildman–Crippen LogP) is 1.85. The van der Waals surface area contributed by atoms with Gasteiger partial charge in [0, 0.05) is 31.4 Å². The minimum Gasteiger partial charge on any atom is -0.378 e. The average molecular weight is 389 g/mol. The van der Waals surface area contributed by atoms with E-state index in [0.29, 0.717) is 25.8 Å². The number of para-hydroxylation sites is 1. The number of halogens is 2. The van der Waals surface area contributed by atoms with E-state index in [2.05, 4.69) is 15.5 Å². The first-order valence-electron chi connectivity index (χ1n) is 8.95. The summed E-state index contributed by atoms with van der Waals surface area (Å²) in [5.74, 6) is -2.93. The van der Waals surface area contributed by atoms with Crippen LogP contribution < -0.4 is 15.5 Å². The fourth-order valence-electron chi connectivity index (χ4n) is 2.96. The highest BCUT2D eigenvalue weighted by Gasteiger charge is 2.16. The van der Waals surface area contributed by atoms with Crippen LogP contribution >= 0.6 is 0 Å². The molecule has 0 bridgehead atoms. The van der Waals surface area contributed by atoms with E-state index in [0.717, 1.165) is 36.5 Å². The van der Waals surface area contributed by atoms with Crippen LogP contribution in [0.25, 0.3) is 0 Å². The lowest BCUT2D eigenvalue weighted by atomic mass is 10.1. The largest absolute Gasteiger partial charge is 0.378 e. The molecule has 0 saturated carbocycles. The second kappa shape index (κ2) is 9.27. The van der Waals surface area contributed by atoms with Gasteiger partial charge in [0.1, 0.15) is 11.6 Å². The van der Waals surface area contributed by atoms with Gasteiger partial charge in [0.15, 0.2) is 0 Å². The Hall–Kier alpha value is -3.00. The first-order chi connectivity index (χ1) is 13.5. The third-order valence-corrected chi connectivity index (χ3v) is 4.40. The molecule has 1 heterocycles. The van der Waals surface area contributed by atoms with Gasteiger partial charge in [-0.2, -0.15) is 0 Å². The Balaban J connectivity index is 1.53. The highest BCUT2D eigenvalue weighted by molar-refractivity contribution is 5.96. The van der Waals surface area contributed by atoms with Crippen molar-refractivity contribution in [3.8, 4) is 0 Å². The summed E-state index contributed by atoms with van der Waals surface area (Å²) in [4.78, 5) is 26.2. The van der Waals surface area contributed by atoms with Crippen LogP contribution in [0.2, 0.25) is 0 Å². The van der Waals surface area contributed by atoms with Crippen LogP contribution in [0, 0.1) is 11.6 Å². The molecule has 3 rings (SSSR count). The van der Waals surface area contributed by atoms with Gasteiger partial charge < -0.3 is 20.3 Å². The van der Waals surface area contributed by atoms with Crippen LogP contribution in [-0.2, 0) is 16.1 Å². The van der Waals surface area contributed by atoms with Gasteiger partial charge in [-0.15, -0.1) is 0 Å². The molecular weight excluding hydrogens is 368 g/mol. The van der Waals surface area contributed by atoms with E-state index in [1.54, 1.807) is 0 Å². The molecule has 6 nitrogen and oxygen atoms in total. The van der Waals surface area contributed by atoms with E-state index < -0.39 is 23.4 Å². The summed E-state index contributed by atoms with van der Waals surface area (Å²) in [6, 6.07) is 10.4. The molecule has 1 saturated heterocycles. The lowest BCUT2D eigenvalue weighted by Crippen LogP contribution is -2.38. The van der Waals surface area contributed by atoms with Crippen LogP contribution in [0.4, 0.5) is 14.5 Å². The molecular formula is C20H21F2N3O3. The van der Waals surface area contributed by atoms with Gasteiger partial charge in [-0.1, -0.05) is 18.2 Å². The van der Waals surface area contributed by atoms with Gasteiger partial charge in [-0.05, 0) is 23.8 Å². The Morgan fingerprint density at radius 1 is 1.04 bits per heavy atom. The molecule has 1 aliphatic heterocycles. The number of morpholine rings is 1. The maximum Gasteiger partial charge on any atom is 0.254 e. The Kier molecular flexibility index (Phi) is 6.54. The van der Waals surface area contributed by atoms with Crippen molar-refractivity contribution in [1.82, 2.24) is 10.6 Å². The Labute approximate surface area is 161 Å². The number of carbonyl (C=O) groups is 2. The van der Waals surface area contributed by atoms with Crippen LogP contribution in [0.5, 0.6) is 0 Å². The third-order valence-electron chi connectivity index (χ3n) is 4.40. The van der Waals surface area contributed by atoms with E-state index in [1.807, 2.05) is 24.3 Å². The van der Waals surface area contributed by atoms with E-state index in [4.69, 9.17) is 4.74 Å². The van der Waals surface area contributed by atoms with E-state index >= 15 is 0 Å². The fraction of sp³-hybridized carbons (Fsp3) is 0.300. The summed E-state index contributed by atoms with van der Waals surface area (Å²) in [7, 11) is 0. The molecule has 0 aromatic heterocycles. The van der Waals surface area contributed by atoms with Crippen molar-refractivity contribution in [1.29, 1.82) is 0 Å². The zero-order valence-corrected chi connectivity index (χ0v) is 15.2. The molecule has 1 aliphatic rings. The van der Waals surface area contributed by atoms with Crippen molar-refractivity contribution in [2.45, 2.75) is 6.54 Å². The Morgan fingerprint density at radius 3 is 2.54 bits per heavy atom. The van der Waals surface area contributed by atoms with Crippen molar-refractivity contribution >= 4 is 17.5 Å². The highest BCUT2D eigenvalue weighted by Crippen LogP contribution is 2.21.